The van der Waals surface area contributed by atoms with Gasteiger partial charge >= 0.3 is 0 Å². The minimum atomic E-state index is 0.456. The summed E-state index contributed by atoms with van der Waals surface area (Å²) < 4.78 is 0. The van der Waals surface area contributed by atoms with Crippen LogP contribution < -0.4 is 5.73 Å². The summed E-state index contributed by atoms with van der Waals surface area (Å²) in [6.45, 7) is 0. The number of benzene rings is 2. The van der Waals surface area contributed by atoms with Crippen LogP contribution in [0.1, 0.15) is 31.2 Å². The molecule has 0 aliphatic heterocycles. The minimum Gasteiger partial charge on any atom is -0.328 e. The van der Waals surface area contributed by atoms with Gasteiger partial charge in [-0.2, -0.15) is 0 Å². The van der Waals surface area contributed by atoms with Crippen LogP contribution in [-0.4, -0.2) is 6.04 Å². The van der Waals surface area contributed by atoms with Crippen molar-refractivity contribution in [3.8, 4) is 0 Å². The lowest BCUT2D eigenvalue weighted by molar-refractivity contribution is 0.325. The molecule has 1 heteroatoms. The normalized spacial score (nSPS) is 24.3. The molecular formula is C17H21N. The van der Waals surface area contributed by atoms with Crippen molar-refractivity contribution in [2.24, 2.45) is 11.7 Å². The van der Waals surface area contributed by atoms with Crippen LogP contribution >= 0.6 is 0 Å². The second kappa shape index (κ2) is 5.11. The Morgan fingerprint density at radius 2 is 1.61 bits per heavy atom. The highest BCUT2D eigenvalue weighted by molar-refractivity contribution is 5.82. The fourth-order valence-electron chi connectivity index (χ4n) is 3.09. The van der Waals surface area contributed by atoms with Crippen molar-refractivity contribution >= 4 is 10.8 Å². The fourth-order valence-corrected chi connectivity index (χ4v) is 3.09. The summed E-state index contributed by atoms with van der Waals surface area (Å²) >= 11 is 0. The van der Waals surface area contributed by atoms with Gasteiger partial charge < -0.3 is 5.73 Å². The first-order valence-electron chi connectivity index (χ1n) is 7.04. The van der Waals surface area contributed by atoms with Crippen molar-refractivity contribution in [1.82, 2.24) is 0 Å². The molecule has 1 aliphatic carbocycles. The molecule has 0 heterocycles. The zero-order valence-corrected chi connectivity index (χ0v) is 10.8. The van der Waals surface area contributed by atoms with Crippen molar-refractivity contribution in [3.63, 3.8) is 0 Å². The molecule has 2 aromatic carbocycles. The van der Waals surface area contributed by atoms with E-state index in [1.54, 1.807) is 0 Å². The molecule has 2 N–H and O–H groups in total. The molecule has 3 rings (SSSR count). The Balaban J connectivity index is 1.74. The van der Waals surface area contributed by atoms with E-state index in [4.69, 9.17) is 5.73 Å². The monoisotopic (exact) mass is 239 g/mol. The molecule has 0 radical (unpaired) electrons. The number of nitrogens with two attached hydrogens (primary N) is 1. The maximum absolute atomic E-state index is 5.96. The van der Waals surface area contributed by atoms with Crippen molar-refractivity contribution in [2.75, 3.05) is 0 Å². The number of hydrogen-bond acceptors (Lipinski definition) is 1. The highest BCUT2D eigenvalue weighted by atomic mass is 14.6. The van der Waals surface area contributed by atoms with Gasteiger partial charge in [0.1, 0.15) is 0 Å². The van der Waals surface area contributed by atoms with Crippen LogP contribution in [-0.2, 0) is 6.42 Å². The molecule has 0 amide bonds. The van der Waals surface area contributed by atoms with Crippen molar-refractivity contribution in [1.29, 1.82) is 0 Å². The van der Waals surface area contributed by atoms with E-state index in [2.05, 4.69) is 42.5 Å². The predicted molar refractivity (Wildman–Crippen MR) is 77.6 cm³/mol. The van der Waals surface area contributed by atoms with Gasteiger partial charge in [0.2, 0.25) is 0 Å². The number of hydrogen-bond donors (Lipinski definition) is 1. The second-order valence-corrected chi connectivity index (χ2v) is 5.67. The highest BCUT2D eigenvalue weighted by Gasteiger charge is 2.18. The number of rotatable bonds is 2. The third kappa shape index (κ3) is 2.56. The Bertz CT molecular complexity index is 524. The summed E-state index contributed by atoms with van der Waals surface area (Å²) in [4.78, 5) is 0. The zero-order valence-electron chi connectivity index (χ0n) is 10.8. The Morgan fingerprint density at radius 1 is 0.889 bits per heavy atom. The molecule has 1 nitrogen and oxygen atoms in total. The molecule has 1 fully saturated rings. The molecule has 1 saturated carbocycles. The topological polar surface area (TPSA) is 26.0 Å². The average Bonchev–Trinajstić information content (AvgIpc) is 2.41. The highest BCUT2D eigenvalue weighted by Crippen LogP contribution is 2.27. The third-order valence-electron chi connectivity index (χ3n) is 4.23. The Kier molecular flexibility index (Phi) is 3.33. The van der Waals surface area contributed by atoms with E-state index in [-0.39, 0.29) is 0 Å². The molecule has 0 bridgehead atoms. The Labute approximate surface area is 109 Å². The lowest BCUT2D eigenvalue weighted by Crippen LogP contribution is -2.27. The summed E-state index contributed by atoms with van der Waals surface area (Å²) in [7, 11) is 0. The van der Waals surface area contributed by atoms with Crippen LogP contribution in [0.3, 0.4) is 0 Å². The van der Waals surface area contributed by atoms with E-state index in [1.807, 2.05) is 0 Å². The van der Waals surface area contributed by atoms with Gasteiger partial charge in [0, 0.05) is 6.04 Å². The fraction of sp³-hybridized carbons (Fsp3) is 0.412. The molecule has 0 unspecified atom stereocenters. The van der Waals surface area contributed by atoms with Crippen LogP contribution in [0.5, 0.6) is 0 Å². The van der Waals surface area contributed by atoms with Crippen molar-refractivity contribution in [2.45, 2.75) is 38.1 Å². The maximum Gasteiger partial charge on any atom is 0.00390 e. The predicted octanol–water partition coefficient (Wildman–Crippen LogP) is 3.90. The molecule has 1 aliphatic rings. The first-order valence-corrected chi connectivity index (χ1v) is 7.04. The van der Waals surface area contributed by atoms with Gasteiger partial charge in [0.25, 0.3) is 0 Å². The SMILES string of the molecule is NC1CCC(Cc2ccc3ccccc3c2)CC1. The lowest BCUT2D eigenvalue weighted by Gasteiger charge is -2.26. The Morgan fingerprint density at radius 3 is 2.39 bits per heavy atom. The van der Waals surface area contributed by atoms with E-state index in [0.29, 0.717) is 6.04 Å². The van der Waals surface area contributed by atoms with Gasteiger partial charge in [-0.3, -0.25) is 0 Å². The zero-order chi connectivity index (χ0) is 12.4. The summed E-state index contributed by atoms with van der Waals surface area (Å²) in [6, 6.07) is 15.9. The van der Waals surface area contributed by atoms with Gasteiger partial charge in [-0.1, -0.05) is 42.5 Å². The van der Waals surface area contributed by atoms with Gasteiger partial charge in [-0.15, -0.1) is 0 Å². The van der Waals surface area contributed by atoms with E-state index in [1.165, 1.54) is 48.4 Å². The van der Waals surface area contributed by atoms with Crippen molar-refractivity contribution in [3.05, 3.63) is 48.0 Å². The molecule has 0 spiro atoms. The summed E-state index contributed by atoms with van der Waals surface area (Å²) in [5.74, 6) is 0.839. The van der Waals surface area contributed by atoms with E-state index in [9.17, 15) is 0 Å². The molecule has 0 aromatic heterocycles. The first-order chi connectivity index (χ1) is 8.81. The smallest absolute Gasteiger partial charge is 0.00390 e. The molecule has 0 saturated heterocycles. The summed E-state index contributed by atoms with van der Waals surface area (Å²) in [6.07, 6.45) is 6.23. The minimum absolute atomic E-state index is 0.456. The number of fused-ring (bicyclic) bond motifs is 1. The summed E-state index contributed by atoms with van der Waals surface area (Å²) in [5, 5.41) is 2.70. The van der Waals surface area contributed by atoms with Gasteiger partial charge in [0.05, 0.1) is 0 Å². The van der Waals surface area contributed by atoms with Crippen LogP contribution in [0.25, 0.3) is 10.8 Å². The quantitative estimate of drug-likeness (QED) is 0.845. The third-order valence-corrected chi connectivity index (χ3v) is 4.23. The molecule has 2 aromatic rings. The van der Waals surface area contributed by atoms with E-state index >= 15 is 0 Å². The molecule has 0 atom stereocenters. The first kappa shape index (κ1) is 11.7. The van der Waals surface area contributed by atoms with Crippen molar-refractivity contribution < 1.29 is 0 Å². The van der Waals surface area contributed by atoms with Gasteiger partial charge in [-0.25, -0.2) is 0 Å². The van der Waals surface area contributed by atoms with Gasteiger partial charge in [0.15, 0.2) is 0 Å². The second-order valence-electron chi connectivity index (χ2n) is 5.67. The van der Waals surface area contributed by atoms with Crippen LogP contribution in [0, 0.1) is 5.92 Å². The van der Waals surface area contributed by atoms with Crippen LogP contribution in [0.4, 0.5) is 0 Å². The summed E-state index contributed by atoms with van der Waals surface area (Å²) in [5.41, 5.74) is 7.45. The van der Waals surface area contributed by atoms with E-state index in [0.717, 1.165) is 5.92 Å². The standard InChI is InChI=1S/C17H21N/c18-17-9-6-13(7-10-17)11-14-5-8-15-3-1-2-4-16(15)12-14/h1-5,8,12-13,17H,6-7,9-11,18H2. The van der Waals surface area contributed by atoms with Crippen LogP contribution in [0.2, 0.25) is 0 Å². The molecule has 94 valence electrons. The average molecular weight is 239 g/mol. The molecule has 18 heavy (non-hydrogen) atoms. The van der Waals surface area contributed by atoms with Crippen LogP contribution in [0.15, 0.2) is 42.5 Å². The van der Waals surface area contributed by atoms with Gasteiger partial charge in [-0.05, 0) is 54.4 Å². The Hall–Kier alpha value is -1.34. The van der Waals surface area contributed by atoms with E-state index < -0.39 is 0 Å². The molecular weight excluding hydrogens is 218 g/mol. The lowest BCUT2D eigenvalue weighted by atomic mass is 9.82. The largest absolute Gasteiger partial charge is 0.328 e. The maximum atomic E-state index is 5.96.